The Labute approximate surface area is 301 Å². The van der Waals surface area contributed by atoms with Crippen molar-refractivity contribution in [2.45, 2.75) is 120 Å². The van der Waals surface area contributed by atoms with Gasteiger partial charge in [-0.05, 0) is 50.7 Å². The number of fused-ring (bicyclic) bond motifs is 3. The summed E-state index contributed by atoms with van der Waals surface area (Å²) in [6.45, 7) is 5.60. The predicted molar refractivity (Wildman–Crippen MR) is 186 cm³/mol. The van der Waals surface area contributed by atoms with Crippen molar-refractivity contribution < 1.29 is 41.1 Å². The molecular formula is C36H46F2N6O7S. The van der Waals surface area contributed by atoms with Crippen molar-refractivity contribution >= 4 is 44.7 Å². The second-order valence-electron chi connectivity index (χ2n) is 15.5. The van der Waals surface area contributed by atoms with E-state index in [0.717, 1.165) is 12.8 Å². The molecule has 0 bridgehead atoms. The van der Waals surface area contributed by atoms with E-state index in [0.29, 0.717) is 38.1 Å². The van der Waals surface area contributed by atoms with Crippen LogP contribution in [0.15, 0.2) is 36.4 Å². The summed E-state index contributed by atoms with van der Waals surface area (Å²) >= 11 is 0. The van der Waals surface area contributed by atoms with Crippen molar-refractivity contribution in [1.82, 2.24) is 30.2 Å². The third-order valence-electron chi connectivity index (χ3n) is 10.1. The number of allylic oxidation sites excluding steroid dienone is 1. The summed E-state index contributed by atoms with van der Waals surface area (Å²) in [6.07, 6.45) is 6.60. The number of benzene rings is 1. The first-order valence-corrected chi connectivity index (χ1v) is 19.4. The fourth-order valence-corrected chi connectivity index (χ4v) is 8.10. The largest absolute Gasteiger partial charge is 0.471 e. The second-order valence-corrected chi connectivity index (χ2v) is 17.5. The van der Waals surface area contributed by atoms with Crippen molar-refractivity contribution in [1.29, 1.82) is 0 Å². The fourth-order valence-electron chi connectivity index (χ4n) is 6.73. The summed E-state index contributed by atoms with van der Waals surface area (Å²) in [5, 5.41) is 4.97. The van der Waals surface area contributed by atoms with Gasteiger partial charge in [0, 0.05) is 24.7 Å². The van der Waals surface area contributed by atoms with Crippen molar-refractivity contribution in [3.05, 3.63) is 42.1 Å². The van der Waals surface area contributed by atoms with E-state index in [4.69, 9.17) is 4.74 Å². The van der Waals surface area contributed by atoms with Crippen LogP contribution in [0.2, 0.25) is 0 Å². The Morgan fingerprint density at radius 2 is 1.71 bits per heavy atom. The maximum absolute atomic E-state index is 14.9. The lowest BCUT2D eigenvalue weighted by atomic mass is 9.94. The van der Waals surface area contributed by atoms with Crippen LogP contribution in [0.4, 0.5) is 8.78 Å². The zero-order valence-electron chi connectivity index (χ0n) is 29.8. The quantitative estimate of drug-likeness (QED) is 0.358. The molecular weight excluding hydrogens is 698 g/mol. The number of rotatable bonds is 7. The number of halogens is 2. The molecule has 2 aliphatic heterocycles. The molecule has 3 N–H and O–H groups in total. The van der Waals surface area contributed by atoms with E-state index >= 15 is 0 Å². The minimum Gasteiger partial charge on any atom is -0.471 e. The molecule has 0 spiro atoms. The lowest BCUT2D eigenvalue weighted by molar-refractivity contribution is -0.143. The van der Waals surface area contributed by atoms with Crippen LogP contribution < -0.4 is 20.1 Å². The Balaban J connectivity index is 1.34. The molecule has 1 aromatic carbocycles. The van der Waals surface area contributed by atoms with Crippen LogP contribution in [-0.2, 0) is 35.1 Å². The number of nitrogens with one attached hydrogen (secondary N) is 3. The molecule has 282 valence electrons. The third-order valence-corrected chi connectivity index (χ3v) is 11.9. The van der Waals surface area contributed by atoms with Gasteiger partial charge in [0.1, 0.15) is 23.7 Å². The van der Waals surface area contributed by atoms with Gasteiger partial charge in [-0.15, -0.1) is 0 Å². The topological polar surface area (TPSA) is 177 Å². The Morgan fingerprint density at radius 1 is 1.02 bits per heavy atom. The normalized spacial score (nSPS) is 28.1. The Morgan fingerprint density at radius 3 is 2.37 bits per heavy atom. The highest BCUT2D eigenvalue weighted by Crippen LogP contribution is 2.46. The smallest absolute Gasteiger partial charge is 0.292 e. The SMILES string of the molecule is CC(C)(C)C(=O)NC1CCCCC/C=C\C2CC2(C(=O)NS(=O)(=O)C2CC2)NC(=O)C2CC(Oc3nc4ccccc4nc3C(C)(F)F)CN2C1=O. The van der Waals surface area contributed by atoms with E-state index in [9.17, 15) is 36.4 Å². The van der Waals surface area contributed by atoms with Crippen molar-refractivity contribution in [2.75, 3.05) is 6.54 Å². The van der Waals surface area contributed by atoms with E-state index in [1.54, 1.807) is 45.0 Å². The summed E-state index contributed by atoms with van der Waals surface area (Å²) in [5.41, 5.74) is -2.57. The van der Waals surface area contributed by atoms with Crippen LogP contribution >= 0.6 is 0 Å². The molecule has 4 amide bonds. The van der Waals surface area contributed by atoms with Gasteiger partial charge in [-0.25, -0.2) is 18.4 Å². The Hall–Kier alpha value is -4.21. The van der Waals surface area contributed by atoms with Gasteiger partial charge in [0.05, 0.1) is 22.8 Å². The number of alkyl halides is 2. The first-order chi connectivity index (χ1) is 24.4. The molecule has 3 fully saturated rings. The van der Waals surface area contributed by atoms with Crippen molar-refractivity contribution in [2.24, 2.45) is 11.3 Å². The van der Waals surface area contributed by atoms with E-state index < -0.39 is 85.6 Å². The number of para-hydroxylation sites is 2. The van der Waals surface area contributed by atoms with Crippen LogP contribution in [0.25, 0.3) is 11.0 Å². The van der Waals surface area contributed by atoms with E-state index in [-0.39, 0.29) is 37.2 Å². The number of sulfonamides is 1. The summed E-state index contributed by atoms with van der Waals surface area (Å²) in [4.78, 5) is 65.2. The molecule has 0 radical (unpaired) electrons. The van der Waals surface area contributed by atoms with Gasteiger partial charge in [-0.2, -0.15) is 8.78 Å². The molecule has 4 aliphatic rings. The van der Waals surface area contributed by atoms with Gasteiger partial charge in [-0.3, -0.25) is 23.9 Å². The molecule has 52 heavy (non-hydrogen) atoms. The highest BCUT2D eigenvalue weighted by molar-refractivity contribution is 7.91. The van der Waals surface area contributed by atoms with Gasteiger partial charge in [-0.1, -0.05) is 57.9 Å². The Kier molecular flexibility index (Phi) is 10.1. The molecule has 5 atom stereocenters. The van der Waals surface area contributed by atoms with Gasteiger partial charge in [0.15, 0.2) is 5.69 Å². The van der Waals surface area contributed by atoms with Crippen LogP contribution in [0.3, 0.4) is 0 Å². The zero-order valence-corrected chi connectivity index (χ0v) is 30.6. The van der Waals surface area contributed by atoms with Crippen LogP contribution in [-0.4, -0.2) is 82.4 Å². The number of hydrogen-bond acceptors (Lipinski definition) is 9. The average molecular weight is 745 g/mol. The minimum absolute atomic E-state index is 0.147. The maximum Gasteiger partial charge on any atom is 0.292 e. The van der Waals surface area contributed by atoms with E-state index in [1.165, 1.54) is 4.90 Å². The van der Waals surface area contributed by atoms with Gasteiger partial charge in [0.25, 0.3) is 11.8 Å². The number of aromatic nitrogens is 2. The first kappa shape index (κ1) is 37.5. The van der Waals surface area contributed by atoms with Crippen LogP contribution in [0.1, 0.15) is 91.2 Å². The molecule has 5 unspecified atom stereocenters. The number of ether oxygens (including phenoxy) is 1. The number of carbonyl (C=O) groups is 4. The summed E-state index contributed by atoms with van der Waals surface area (Å²) in [6, 6.07) is 4.20. The number of carbonyl (C=O) groups excluding carboxylic acids is 4. The van der Waals surface area contributed by atoms with Crippen molar-refractivity contribution in [3.63, 3.8) is 0 Å². The highest BCUT2D eigenvalue weighted by atomic mass is 32.2. The van der Waals surface area contributed by atoms with Crippen LogP contribution in [0.5, 0.6) is 5.88 Å². The van der Waals surface area contributed by atoms with Crippen molar-refractivity contribution in [3.8, 4) is 5.88 Å². The summed E-state index contributed by atoms with van der Waals surface area (Å²) < 4.78 is 63.5. The predicted octanol–water partition coefficient (Wildman–Crippen LogP) is 3.62. The van der Waals surface area contributed by atoms with Gasteiger partial charge < -0.3 is 20.3 Å². The third kappa shape index (κ3) is 8.06. The summed E-state index contributed by atoms with van der Waals surface area (Å²) in [5.74, 6) is -6.91. The number of nitrogens with zero attached hydrogens (tertiary/aromatic N) is 3. The monoisotopic (exact) mass is 744 g/mol. The molecule has 13 nitrogen and oxygen atoms in total. The molecule has 2 saturated carbocycles. The lowest BCUT2D eigenvalue weighted by Crippen LogP contribution is -2.58. The molecule has 16 heteroatoms. The summed E-state index contributed by atoms with van der Waals surface area (Å²) in [7, 11) is -3.94. The fraction of sp³-hybridized carbons (Fsp3) is 0.611. The second kappa shape index (κ2) is 14.0. The van der Waals surface area contributed by atoms with E-state index in [1.807, 2.05) is 12.2 Å². The molecule has 6 rings (SSSR count). The molecule has 1 aromatic heterocycles. The first-order valence-electron chi connectivity index (χ1n) is 17.9. The van der Waals surface area contributed by atoms with Gasteiger partial charge in [0.2, 0.25) is 33.6 Å². The zero-order chi connectivity index (χ0) is 37.6. The van der Waals surface area contributed by atoms with Crippen LogP contribution in [0, 0.1) is 11.3 Å². The molecule has 3 heterocycles. The lowest BCUT2D eigenvalue weighted by Gasteiger charge is -2.31. The molecule has 2 aliphatic carbocycles. The minimum atomic E-state index is -3.94. The number of amides is 4. The molecule has 2 aromatic rings. The van der Waals surface area contributed by atoms with Gasteiger partial charge >= 0.3 is 0 Å². The average Bonchev–Trinajstić information content (AvgIpc) is 3.99. The number of hydrogen-bond donors (Lipinski definition) is 3. The maximum atomic E-state index is 14.9. The Bertz CT molecular complexity index is 1890. The molecule has 1 saturated heterocycles. The highest BCUT2D eigenvalue weighted by Gasteiger charge is 2.62. The van der Waals surface area contributed by atoms with E-state index in [2.05, 4.69) is 25.3 Å². The standard InChI is InChI=1S/C36H46F2N6O7S/c1-34(2,3)32(47)41-26-15-9-7-5-6-8-12-21-19-36(21,33(48)43-52(49,50)23-16-17-23)42-29(45)27-18-22(20-44(27)31(26)46)51-30-28(35(4,37)38)39-24-13-10-11-14-25(24)40-30/h8,10-14,21-23,26-27H,5-7,9,15-20H2,1-4H3,(H,41,47)(H,42,45)(H,43,48)/b12-8-.